The number of rotatable bonds is 1. The molecule has 3 heteroatoms. The van der Waals surface area contributed by atoms with Gasteiger partial charge in [0.15, 0.2) is 0 Å². The third-order valence-corrected chi connectivity index (χ3v) is 3.36. The van der Waals surface area contributed by atoms with Crippen LogP contribution in [-0.2, 0) is 0 Å². The molecule has 1 aromatic carbocycles. The fourth-order valence-electron chi connectivity index (χ4n) is 1.12. The summed E-state index contributed by atoms with van der Waals surface area (Å²) in [6.45, 7) is 0. The standard InChI is InChI=1S/C9H7FS2/c1-11-9-5-8-6(2-3-12-8)4-7(9)10/h2-5H,1H3. The zero-order chi connectivity index (χ0) is 8.55. The van der Waals surface area contributed by atoms with Gasteiger partial charge in [0, 0.05) is 9.60 Å². The minimum absolute atomic E-state index is 0.117. The number of hydrogen-bond acceptors (Lipinski definition) is 2. The average Bonchev–Trinajstić information content (AvgIpc) is 2.49. The Morgan fingerprint density at radius 1 is 1.42 bits per heavy atom. The summed E-state index contributed by atoms with van der Waals surface area (Å²) in [7, 11) is 0. The number of thiophene rings is 1. The fraction of sp³-hybridized carbons (Fsp3) is 0.111. The van der Waals surface area contributed by atoms with Crippen molar-refractivity contribution in [3.8, 4) is 0 Å². The third-order valence-electron chi connectivity index (χ3n) is 1.73. The predicted molar refractivity (Wildman–Crippen MR) is 53.6 cm³/mol. The highest BCUT2D eigenvalue weighted by atomic mass is 32.2. The zero-order valence-corrected chi connectivity index (χ0v) is 8.14. The molecule has 0 nitrogen and oxygen atoms in total. The predicted octanol–water partition coefficient (Wildman–Crippen LogP) is 3.76. The summed E-state index contributed by atoms with van der Waals surface area (Å²) in [5, 5.41) is 2.98. The minimum atomic E-state index is -0.117. The van der Waals surface area contributed by atoms with E-state index < -0.39 is 0 Å². The first kappa shape index (κ1) is 8.08. The smallest absolute Gasteiger partial charge is 0.137 e. The van der Waals surface area contributed by atoms with Crippen LogP contribution in [0.25, 0.3) is 10.1 Å². The largest absolute Gasteiger partial charge is 0.206 e. The van der Waals surface area contributed by atoms with Crippen LogP contribution in [0.3, 0.4) is 0 Å². The van der Waals surface area contributed by atoms with Crippen molar-refractivity contribution in [1.29, 1.82) is 0 Å². The molecule has 0 fully saturated rings. The van der Waals surface area contributed by atoms with Gasteiger partial charge in [-0.15, -0.1) is 23.1 Å². The van der Waals surface area contributed by atoms with Crippen LogP contribution in [0.4, 0.5) is 4.39 Å². The van der Waals surface area contributed by atoms with Gasteiger partial charge < -0.3 is 0 Å². The lowest BCUT2D eigenvalue weighted by molar-refractivity contribution is 0.604. The molecule has 0 aliphatic heterocycles. The molecule has 0 unspecified atom stereocenters. The Hall–Kier alpha value is -0.540. The van der Waals surface area contributed by atoms with Crippen LogP contribution in [0.5, 0.6) is 0 Å². The van der Waals surface area contributed by atoms with Gasteiger partial charge in [-0.1, -0.05) is 0 Å². The van der Waals surface area contributed by atoms with Crippen LogP contribution >= 0.6 is 23.1 Å². The SMILES string of the molecule is CSc1cc2sccc2cc1F. The summed E-state index contributed by atoms with van der Waals surface area (Å²) in [4.78, 5) is 0.727. The molecule has 1 heterocycles. The first-order chi connectivity index (χ1) is 5.81. The normalized spacial score (nSPS) is 10.8. The van der Waals surface area contributed by atoms with E-state index in [0.717, 1.165) is 15.0 Å². The Labute approximate surface area is 78.4 Å². The molecule has 0 spiro atoms. The second-order valence-corrected chi connectivity index (χ2v) is 4.24. The summed E-state index contributed by atoms with van der Waals surface area (Å²) >= 11 is 3.09. The molecule has 0 atom stereocenters. The van der Waals surface area contributed by atoms with E-state index in [2.05, 4.69) is 0 Å². The van der Waals surface area contributed by atoms with Crippen molar-refractivity contribution in [3.63, 3.8) is 0 Å². The quantitative estimate of drug-likeness (QED) is 0.629. The Kier molecular flexibility index (Phi) is 2.07. The van der Waals surface area contributed by atoms with Crippen LogP contribution in [0.2, 0.25) is 0 Å². The second kappa shape index (κ2) is 3.07. The molecular weight excluding hydrogens is 191 g/mol. The van der Waals surface area contributed by atoms with Crippen LogP contribution < -0.4 is 0 Å². The molecule has 2 rings (SSSR count). The first-order valence-electron chi connectivity index (χ1n) is 3.52. The molecular formula is C9H7FS2. The topological polar surface area (TPSA) is 0 Å². The van der Waals surface area contributed by atoms with Gasteiger partial charge in [0.1, 0.15) is 5.82 Å². The molecule has 0 saturated heterocycles. The molecule has 12 heavy (non-hydrogen) atoms. The van der Waals surface area contributed by atoms with Gasteiger partial charge in [-0.05, 0) is 35.2 Å². The molecule has 0 aliphatic carbocycles. The van der Waals surface area contributed by atoms with E-state index in [1.807, 2.05) is 23.8 Å². The highest BCUT2D eigenvalue weighted by Gasteiger charge is 2.03. The Balaban J connectivity index is 2.73. The molecule has 0 aliphatic rings. The van der Waals surface area contributed by atoms with E-state index in [0.29, 0.717) is 0 Å². The summed E-state index contributed by atoms with van der Waals surface area (Å²) in [6, 6.07) is 5.44. The highest BCUT2D eigenvalue weighted by molar-refractivity contribution is 7.98. The number of thioether (sulfide) groups is 1. The van der Waals surface area contributed by atoms with Crippen molar-refractivity contribution in [1.82, 2.24) is 0 Å². The van der Waals surface area contributed by atoms with Crippen LogP contribution in [0.1, 0.15) is 0 Å². The lowest BCUT2D eigenvalue weighted by Gasteiger charge is -1.97. The van der Waals surface area contributed by atoms with Crippen molar-refractivity contribution in [2.75, 3.05) is 6.26 Å². The van der Waals surface area contributed by atoms with E-state index in [9.17, 15) is 4.39 Å². The zero-order valence-electron chi connectivity index (χ0n) is 6.50. The summed E-state index contributed by atoms with van der Waals surface area (Å²) in [6.07, 6.45) is 1.89. The number of benzene rings is 1. The molecule has 0 radical (unpaired) electrons. The maximum atomic E-state index is 13.2. The van der Waals surface area contributed by atoms with Crippen molar-refractivity contribution >= 4 is 33.2 Å². The van der Waals surface area contributed by atoms with E-state index in [4.69, 9.17) is 0 Å². The minimum Gasteiger partial charge on any atom is -0.206 e. The van der Waals surface area contributed by atoms with Crippen molar-refractivity contribution in [3.05, 3.63) is 29.4 Å². The van der Waals surface area contributed by atoms with Gasteiger partial charge in [-0.25, -0.2) is 4.39 Å². The summed E-state index contributed by atoms with van der Waals surface area (Å²) < 4.78 is 14.3. The molecule has 0 bridgehead atoms. The van der Waals surface area contributed by atoms with Gasteiger partial charge in [0.2, 0.25) is 0 Å². The van der Waals surface area contributed by atoms with E-state index in [-0.39, 0.29) is 5.82 Å². The van der Waals surface area contributed by atoms with Crippen LogP contribution in [0.15, 0.2) is 28.5 Å². The third kappa shape index (κ3) is 1.23. The molecule has 0 amide bonds. The number of halogens is 1. The number of fused-ring (bicyclic) bond motifs is 1. The number of hydrogen-bond donors (Lipinski definition) is 0. The van der Waals surface area contributed by atoms with Gasteiger partial charge in [0.25, 0.3) is 0 Å². The van der Waals surface area contributed by atoms with Gasteiger partial charge in [0.05, 0.1) is 0 Å². The van der Waals surface area contributed by atoms with E-state index >= 15 is 0 Å². The molecule has 0 saturated carbocycles. The second-order valence-electron chi connectivity index (χ2n) is 2.45. The molecule has 2 aromatic rings. The van der Waals surface area contributed by atoms with Gasteiger partial charge in [-0.3, -0.25) is 0 Å². The molecule has 1 aromatic heterocycles. The first-order valence-corrected chi connectivity index (χ1v) is 5.62. The molecule has 62 valence electrons. The highest BCUT2D eigenvalue weighted by Crippen LogP contribution is 2.28. The summed E-state index contributed by atoms with van der Waals surface area (Å²) in [5.41, 5.74) is 0. The maximum Gasteiger partial charge on any atom is 0.137 e. The van der Waals surface area contributed by atoms with E-state index in [1.165, 1.54) is 11.8 Å². The monoisotopic (exact) mass is 198 g/mol. The van der Waals surface area contributed by atoms with Gasteiger partial charge >= 0.3 is 0 Å². The van der Waals surface area contributed by atoms with Crippen LogP contribution in [0, 0.1) is 5.82 Å². The molecule has 0 N–H and O–H groups in total. The average molecular weight is 198 g/mol. The fourth-order valence-corrected chi connectivity index (χ4v) is 2.49. The van der Waals surface area contributed by atoms with Crippen molar-refractivity contribution < 1.29 is 4.39 Å². The Morgan fingerprint density at radius 3 is 3.00 bits per heavy atom. The lowest BCUT2D eigenvalue weighted by atomic mass is 10.2. The van der Waals surface area contributed by atoms with Crippen molar-refractivity contribution in [2.45, 2.75) is 4.90 Å². The van der Waals surface area contributed by atoms with Gasteiger partial charge in [-0.2, -0.15) is 0 Å². The lowest BCUT2D eigenvalue weighted by Crippen LogP contribution is -1.77. The summed E-state index contributed by atoms with van der Waals surface area (Å²) in [5.74, 6) is -0.117. The Morgan fingerprint density at radius 2 is 2.25 bits per heavy atom. The van der Waals surface area contributed by atoms with E-state index in [1.54, 1.807) is 17.4 Å². The van der Waals surface area contributed by atoms with Crippen LogP contribution in [-0.4, -0.2) is 6.26 Å². The Bertz CT molecular complexity index is 406. The maximum absolute atomic E-state index is 13.2. The van der Waals surface area contributed by atoms with Crippen molar-refractivity contribution in [2.24, 2.45) is 0 Å².